The lowest BCUT2D eigenvalue weighted by Crippen LogP contribution is -2.28. The molecule has 4 nitrogen and oxygen atoms in total. The number of carbonyl (C=O) groups excluding carboxylic acids is 1. The van der Waals surface area contributed by atoms with Crippen LogP contribution in [0.5, 0.6) is 0 Å². The summed E-state index contributed by atoms with van der Waals surface area (Å²) in [6.45, 7) is 10.7. The topological polar surface area (TPSA) is 57.8 Å². The van der Waals surface area contributed by atoms with Crippen molar-refractivity contribution in [1.82, 2.24) is 15.5 Å². The first kappa shape index (κ1) is 14.7. The number of rotatable bonds is 5. The Hall–Kier alpha value is -1.32. The zero-order valence-corrected chi connectivity index (χ0v) is 12.1. The van der Waals surface area contributed by atoms with Gasteiger partial charge in [-0.25, -0.2) is 0 Å². The number of nitrogens with one attached hydrogen (secondary N) is 2. The average Bonchev–Trinajstić information content (AvgIpc) is 2.65. The molecule has 2 unspecified atom stereocenters. The lowest BCUT2D eigenvalue weighted by Gasteiger charge is -2.23. The molecule has 0 saturated carbocycles. The second kappa shape index (κ2) is 6.03. The van der Waals surface area contributed by atoms with Crippen LogP contribution in [0.4, 0.5) is 0 Å². The Kier molecular flexibility index (Phi) is 4.93. The Morgan fingerprint density at radius 1 is 1.44 bits per heavy atom. The van der Waals surface area contributed by atoms with Gasteiger partial charge in [0.2, 0.25) is 5.91 Å². The SMILES string of the molecule is CC(CC(=O)NC(C)c1cn[nH]c1)CC(C)(C)C. The third-order valence-electron chi connectivity index (χ3n) is 2.89. The van der Waals surface area contributed by atoms with Gasteiger partial charge in [-0.05, 0) is 24.7 Å². The molecule has 0 aliphatic heterocycles. The Morgan fingerprint density at radius 3 is 2.61 bits per heavy atom. The van der Waals surface area contributed by atoms with E-state index in [9.17, 15) is 4.79 Å². The summed E-state index contributed by atoms with van der Waals surface area (Å²) in [5.74, 6) is 0.516. The lowest BCUT2D eigenvalue weighted by atomic mass is 9.84. The summed E-state index contributed by atoms with van der Waals surface area (Å²) in [5.41, 5.74) is 1.28. The van der Waals surface area contributed by atoms with Gasteiger partial charge in [0.1, 0.15) is 0 Å². The van der Waals surface area contributed by atoms with Crippen LogP contribution < -0.4 is 5.32 Å². The minimum absolute atomic E-state index is 0.0121. The van der Waals surface area contributed by atoms with Gasteiger partial charge in [-0.1, -0.05) is 27.7 Å². The van der Waals surface area contributed by atoms with Gasteiger partial charge in [0.05, 0.1) is 12.2 Å². The van der Waals surface area contributed by atoms with E-state index in [0.717, 1.165) is 12.0 Å². The molecule has 0 aromatic carbocycles. The first-order chi connectivity index (χ1) is 8.28. The smallest absolute Gasteiger partial charge is 0.220 e. The Morgan fingerprint density at radius 2 is 2.11 bits per heavy atom. The van der Waals surface area contributed by atoms with Crippen molar-refractivity contribution >= 4 is 5.91 Å². The zero-order valence-electron chi connectivity index (χ0n) is 12.1. The molecule has 0 fully saturated rings. The summed E-state index contributed by atoms with van der Waals surface area (Å²) < 4.78 is 0. The second-order valence-electron chi connectivity index (χ2n) is 6.39. The number of amides is 1. The Bertz CT molecular complexity index is 365. The fourth-order valence-electron chi connectivity index (χ4n) is 2.32. The standard InChI is InChI=1S/C14H25N3O/c1-10(7-14(3,4)5)6-13(18)17-11(2)12-8-15-16-9-12/h8-11H,6-7H2,1-5H3,(H,15,16)(H,17,18). The molecule has 0 radical (unpaired) electrons. The van der Waals surface area contributed by atoms with Crippen LogP contribution in [0.25, 0.3) is 0 Å². The van der Waals surface area contributed by atoms with Gasteiger partial charge >= 0.3 is 0 Å². The number of hydrogen-bond acceptors (Lipinski definition) is 2. The van der Waals surface area contributed by atoms with Gasteiger partial charge in [-0.15, -0.1) is 0 Å². The molecule has 2 N–H and O–H groups in total. The molecule has 1 heterocycles. The summed E-state index contributed by atoms with van der Waals surface area (Å²) >= 11 is 0. The van der Waals surface area contributed by atoms with E-state index in [4.69, 9.17) is 0 Å². The Balaban J connectivity index is 2.38. The number of aromatic nitrogens is 2. The largest absolute Gasteiger partial charge is 0.349 e. The van der Waals surface area contributed by atoms with E-state index in [-0.39, 0.29) is 17.4 Å². The summed E-state index contributed by atoms with van der Waals surface area (Å²) in [6.07, 6.45) is 5.19. The number of nitrogens with zero attached hydrogens (tertiary/aromatic N) is 1. The molecule has 102 valence electrons. The predicted octanol–water partition coefficient (Wildman–Crippen LogP) is 3.05. The third kappa shape index (κ3) is 5.34. The number of carbonyl (C=O) groups is 1. The van der Waals surface area contributed by atoms with Crippen molar-refractivity contribution in [2.75, 3.05) is 0 Å². The fourth-order valence-corrected chi connectivity index (χ4v) is 2.32. The first-order valence-corrected chi connectivity index (χ1v) is 6.56. The lowest BCUT2D eigenvalue weighted by molar-refractivity contribution is -0.122. The fraction of sp³-hybridized carbons (Fsp3) is 0.714. The van der Waals surface area contributed by atoms with Crippen LogP contribution in [0.2, 0.25) is 0 Å². The maximum absolute atomic E-state index is 11.9. The van der Waals surface area contributed by atoms with Gasteiger partial charge in [0.25, 0.3) is 0 Å². The Labute approximate surface area is 110 Å². The van der Waals surface area contributed by atoms with Crippen molar-refractivity contribution in [3.05, 3.63) is 18.0 Å². The molecule has 1 rings (SSSR count). The molecule has 18 heavy (non-hydrogen) atoms. The van der Waals surface area contributed by atoms with E-state index in [0.29, 0.717) is 12.3 Å². The minimum Gasteiger partial charge on any atom is -0.349 e. The quantitative estimate of drug-likeness (QED) is 0.845. The highest BCUT2D eigenvalue weighted by molar-refractivity contribution is 5.76. The van der Waals surface area contributed by atoms with Crippen LogP contribution in [0.1, 0.15) is 59.1 Å². The molecule has 1 aromatic heterocycles. The van der Waals surface area contributed by atoms with Gasteiger partial charge in [0.15, 0.2) is 0 Å². The zero-order chi connectivity index (χ0) is 13.8. The molecule has 0 aliphatic rings. The molecule has 0 spiro atoms. The predicted molar refractivity (Wildman–Crippen MR) is 73.0 cm³/mol. The van der Waals surface area contributed by atoms with Crippen LogP contribution in [-0.4, -0.2) is 16.1 Å². The molecule has 1 amide bonds. The minimum atomic E-state index is 0.0121. The maximum atomic E-state index is 11.9. The van der Waals surface area contributed by atoms with Crippen LogP contribution in [0, 0.1) is 11.3 Å². The summed E-state index contributed by atoms with van der Waals surface area (Å²) in [6, 6.07) is 0.0121. The molecule has 0 aliphatic carbocycles. The monoisotopic (exact) mass is 251 g/mol. The van der Waals surface area contributed by atoms with E-state index in [1.165, 1.54) is 0 Å². The molecular formula is C14H25N3O. The molecule has 0 saturated heterocycles. The van der Waals surface area contributed by atoms with Crippen LogP contribution in [0.15, 0.2) is 12.4 Å². The van der Waals surface area contributed by atoms with Gasteiger partial charge in [-0.3, -0.25) is 9.89 Å². The summed E-state index contributed by atoms with van der Waals surface area (Å²) in [4.78, 5) is 11.9. The highest BCUT2D eigenvalue weighted by Gasteiger charge is 2.18. The highest BCUT2D eigenvalue weighted by atomic mass is 16.1. The van der Waals surface area contributed by atoms with Crippen molar-refractivity contribution in [2.24, 2.45) is 11.3 Å². The van der Waals surface area contributed by atoms with Gasteiger partial charge < -0.3 is 5.32 Å². The van der Waals surface area contributed by atoms with Gasteiger partial charge in [0, 0.05) is 18.2 Å². The molecule has 4 heteroatoms. The van der Waals surface area contributed by atoms with Gasteiger partial charge in [-0.2, -0.15) is 5.10 Å². The number of aromatic amines is 1. The van der Waals surface area contributed by atoms with E-state index in [1.54, 1.807) is 6.20 Å². The van der Waals surface area contributed by atoms with Crippen LogP contribution in [-0.2, 0) is 4.79 Å². The van der Waals surface area contributed by atoms with Crippen molar-refractivity contribution in [3.8, 4) is 0 Å². The maximum Gasteiger partial charge on any atom is 0.220 e. The van der Waals surface area contributed by atoms with Crippen molar-refractivity contribution in [2.45, 2.75) is 53.5 Å². The molecule has 0 bridgehead atoms. The first-order valence-electron chi connectivity index (χ1n) is 6.56. The molecule has 1 aromatic rings. The number of H-pyrrole nitrogens is 1. The highest BCUT2D eigenvalue weighted by Crippen LogP contribution is 2.26. The third-order valence-corrected chi connectivity index (χ3v) is 2.89. The van der Waals surface area contributed by atoms with Crippen LogP contribution >= 0.6 is 0 Å². The molecule has 2 atom stereocenters. The molecular weight excluding hydrogens is 226 g/mol. The summed E-state index contributed by atoms with van der Waals surface area (Å²) in [5, 5.41) is 9.64. The van der Waals surface area contributed by atoms with Crippen molar-refractivity contribution < 1.29 is 4.79 Å². The van der Waals surface area contributed by atoms with Crippen molar-refractivity contribution in [1.29, 1.82) is 0 Å². The van der Waals surface area contributed by atoms with E-state index in [2.05, 4.69) is 43.2 Å². The number of hydrogen-bond donors (Lipinski definition) is 2. The summed E-state index contributed by atoms with van der Waals surface area (Å²) in [7, 11) is 0. The average molecular weight is 251 g/mol. The van der Waals surface area contributed by atoms with Crippen molar-refractivity contribution in [3.63, 3.8) is 0 Å². The van der Waals surface area contributed by atoms with E-state index >= 15 is 0 Å². The second-order valence-corrected chi connectivity index (χ2v) is 6.39. The normalized spacial score (nSPS) is 15.2. The van der Waals surface area contributed by atoms with Crippen LogP contribution in [0.3, 0.4) is 0 Å². The van der Waals surface area contributed by atoms with E-state index < -0.39 is 0 Å². The van der Waals surface area contributed by atoms with E-state index in [1.807, 2.05) is 13.1 Å².